The topological polar surface area (TPSA) is 123 Å². The first-order valence-electron chi connectivity index (χ1n) is 9.05. The molecule has 0 aliphatic heterocycles. The van der Waals surface area contributed by atoms with Gasteiger partial charge in [-0.1, -0.05) is 17.7 Å². The number of nitro benzene ring substituents is 1. The first-order valence-corrected chi connectivity index (χ1v) is 9.43. The van der Waals surface area contributed by atoms with E-state index < -0.39 is 10.8 Å². The van der Waals surface area contributed by atoms with Crippen molar-refractivity contribution in [2.75, 3.05) is 10.6 Å². The molecule has 0 radical (unpaired) electrons. The van der Waals surface area contributed by atoms with Crippen molar-refractivity contribution in [3.05, 3.63) is 97.4 Å². The molecule has 0 bridgehead atoms. The number of halogens is 1. The Morgan fingerprint density at radius 3 is 2.42 bits per heavy atom. The van der Waals surface area contributed by atoms with E-state index in [4.69, 9.17) is 11.6 Å². The lowest BCUT2D eigenvalue weighted by molar-refractivity contribution is -0.384. The fourth-order valence-electron chi connectivity index (χ4n) is 2.75. The molecule has 158 valence electrons. The number of amides is 2. The van der Waals surface area contributed by atoms with Gasteiger partial charge in [0.1, 0.15) is 6.54 Å². The van der Waals surface area contributed by atoms with Gasteiger partial charge in [0, 0.05) is 35.6 Å². The van der Waals surface area contributed by atoms with Gasteiger partial charge in [0.2, 0.25) is 5.91 Å². The predicted molar refractivity (Wildman–Crippen MR) is 117 cm³/mol. The summed E-state index contributed by atoms with van der Waals surface area (Å²) in [6.45, 7) is 1.68. The molecule has 1 heterocycles. The lowest BCUT2D eigenvalue weighted by Crippen LogP contribution is -2.26. The first kappa shape index (κ1) is 21.7. The highest BCUT2D eigenvalue weighted by Gasteiger charge is 2.13. The molecule has 1 aromatic heterocycles. The second kappa shape index (κ2) is 9.23. The summed E-state index contributed by atoms with van der Waals surface area (Å²) in [6.07, 6.45) is 1.60. The lowest BCUT2D eigenvalue weighted by Gasteiger charge is -2.10. The van der Waals surface area contributed by atoms with Gasteiger partial charge in [-0.25, -0.2) is 0 Å². The smallest absolute Gasteiger partial charge is 0.271 e. The van der Waals surface area contributed by atoms with Crippen LogP contribution in [0.1, 0.15) is 15.9 Å². The lowest BCUT2D eigenvalue weighted by atomic mass is 10.2. The number of aryl methyl sites for hydroxylation is 1. The molecule has 9 nitrogen and oxygen atoms in total. The largest absolute Gasteiger partial charge is 0.325 e. The monoisotopic (exact) mass is 440 g/mol. The highest BCUT2D eigenvalue weighted by molar-refractivity contribution is 6.34. The van der Waals surface area contributed by atoms with E-state index in [1.165, 1.54) is 34.9 Å². The van der Waals surface area contributed by atoms with Gasteiger partial charge in [0.15, 0.2) is 0 Å². The minimum absolute atomic E-state index is 0.0397. The average molecular weight is 441 g/mol. The Morgan fingerprint density at radius 2 is 1.77 bits per heavy atom. The number of non-ortho nitro benzene ring substituents is 1. The molecule has 2 aromatic carbocycles. The number of nitrogens with zero attached hydrogens (tertiary/aromatic N) is 2. The number of pyridine rings is 1. The van der Waals surface area contributed by atoms with E-state index in [1.54, 1.807) is 24.4 Å². The Hall–Kier alpha value is -3.98. The van der Waals surface area contributed by atoms with Crippen LogP contribution >= 0.6 is 11.6 Å². The van der Waals surface area contributed by atoms with Crippen LogP contribution in [0.5, 0.6) is 0 Å². The molecule has 3 aromatic rings. The van der Waals surface area contributed by atoms with Gasteiger partial charge < -0.3 is 15.2 Å². The van der Waals surface area contributed by atoms with Gasteiger partial charge >= 0.3 is 0 Å². The van der Waals surface area contributed by atoms with Gasteiger partial charge in [-0.05, 0) is 42.8 Å². The van der Waals surface area contributed by atoms with Crippen molar-refractivity contribution in [1.29, 1.82) is 0 Å². The van der Waals surface area contributed by atoms with Gasteiger partial charge in [0.25, 0.3) is 17.2 Å². The number of carbonyl (C=O) groups is 2. The van der Waals surface area contributed by atoms with E-state index >= 15 is 0 Å². The van der Waals surface area contributed by atoms with E-state index in [1.807, 2.05) is 6.92 Å². The van der Waals surface area contributed by atoms with Crippen LogP contribution in [0, 0.1) is 17.0 Å². The van der Waals surface area contributed by atoms with E-state index in [-0.39, 0.29) is 34.4 Å². The minimum Gasteiger partial charge on any atom is -0.325 e. The van der Waals surface area contributed by atoms with Gasteiger partial charge in [-0.2, -0.15) is 0 Å². The molecule has 2 amide bonds. The summed E-state index contributed by atoms with van der Waals surface area (Å²) >= 11 is 5.98. The van der Waals surface area contributed by atoms with Crippen LogP contribution < -0.4 is 16.2 Å². The Balaban J connectivity index is 1.63. The summed E-state index contributed by atoms with van der Waals surface area (Å²) in [5.74, 6) is -0.859. The normalized spacial score (nSPS) is 10.4. The molecule has 0 fully saturated rings. The van der Waals surface area contributed by atoms with Crippen LogP contribution in [0.3, 0.4) is 0 Å². The standard InChI is InChI=1S/C21H17ClN4O5/c1-13-2-9-20(28)25(11-13)12-19(27)23-15-5-3-14(4-6-15)21(29)24-18-8-7-16(26(30)31)10-17(18)22/h2-11H,12H2,1H3,(H,23,27)(H,24,29). The van der Waals surface area contributed by atoms with Crippen molar-refractivity contribution in [2.24, 2.45) is 0 Å². The van der Waals surface area contributed by atoms with Crippen molar-refractivity contribution in [3.8, 4) is 0 Å². The number of benzene rings is 2. The number of aromatic nitrogens is 1. The average Bonchev–Trinajstić information content (AvgIpc) is 2.72. The van der Waals surface area contributed by atoms with E-state index in [0.29, 0.717) is 11.3 Å². The van der Waals surface area contributed by atoms with Crippen LogP contribution in [0.2, 0.25) is 5.02 Å². The molecule has 2 N–H and O–H groups in total. The highest BCUT2D eigenvalue weighted by atomic mass is 35.5. The van der Waals surface area contributed by atoms with Crippen molar-refractivity contribution in [1.82, 2.24) is 4.57 Å². The predicted octanol–water partition coefficient (Wildman–Crippen LogP) is 3.61. The Labute approximate surface area is 181 Å². The highest BCUT2D eigenvalue weighted by Crippen LogP contribution is 2.27. The number of rotatable bonds is 6. The number of nitrogens with one attached hydrogen (secondary N) is 2. The number of hydrogen-bond acceptors (Lipinski definition) is 5. The summed E-state index contributed by atoms with van der Waals surface area (Å²) in [5.41, 5.74) is 1.38. The number of anilines is 2. The summed E-state index contributed by atoms with van der Waals surface area (Å²) in [5, 5.41) is 16.0. The molecule has 0 unspecified atom stereocenters. The van der Waals surface area contributed by atoms with Crippen molar-refractivity contribution < 1.29 is 14.5 Å². The second-order valence-electron chi connectivity index (χ2n) is 6.67. The molecule has 0 saturated heterocycles. The summed E-state index contributed by atoms with van der Waals surface area (Å²) in [6, 6.07) is 12.9. The maximum Gasteiger partial charge on any atom is 0.271 e. The Morgan fingerprint density at radius 1 is 1.06 bits per heavy atom. The third-order valence-corrected chi connectivity index (χ3v) is 4.60. The summed E-state index contributed by atoms with van der Waals surface area (Å²) < 4.78 is 1.31. The van der Waals surface area contributed by atoms with Crippen LogP contribution in [0.4, 0.5) is 17.1 Å². The molecule has 0 aliphatic rings. The quantitative estimate of drug-likeness (QED) is 0.447. The fourth-order valence-corrected chi connectivity index (χ4v) is 2.97. The molecular weight excluding hydrogens is 424 g/mol. The SMILES string of the molecule is Cc1ccc(=O)n(CC(=O)Nc2ccc(C(=O)Nc3ccc([N+](=O)[O-])cc3Cl)cc2)c1. The van der Waals surface area contributed by atoms with Gasteiger partial charge in [-0.15, -0.1) is 0 Å². The van der Waals surface area contributed by atoms with Crippen molar-refractivity contribution >= 4 is 40.5 Å². The maximum atomic E-state index is 12.4. The van der Waals surface area contributed by atoms with Crippen LogP contribution in [-0.2, 0) is 11.3 Å². The number of hydrogen-bond donors (Lipinski definition) is 2. The Kier molecular flexibility index (Phi) is 6.46. The van der Waals surface area contributed by atoms with E-state index in [2.05, 4.69) is 10.6 Å². The molecule has 0 spiro atoms. The van der Waals surface area contributed by atoms with Crippen LogP contribution in [0.25, 0.3) is 0 Å². The summed E-state index contributed by atoms with van der Waals surface area (Å²) in [7, 11) is 0. The van der Waals surface area contributed by atoms with Gasteiger partial charge in [-0.3, -0.25) is 24.5 Å². The van der Waals surface area contributed by atoms with Crippen molar-refractivity contribution in [3.63, 3.8) is 0 Å². The summed E-state index contributed by atoms with van der Waals surface area (Å²) in [4.78, 5) is 46.6. The molecule has 0 aliphatic carbocycles. The number of carbonyl (C=O) groups excluding carboxylic acids is 2. The zero-order chi connectivity index (χ0) is 22.5. The second-order valence-corrected chi connectivity index (χ2v) is 7.08. The molecule has 10 heteroatoms. The third-order valence-electron chi connectivity index (χ3n) is 4.29. The van der Waals surface area contributed by atoms with Crippen LogP contribution in [-0.4, -0.2) is 21.3 Å². The Bertz CT molecular complexity index is 1220. The zero-order valence-electron chi connectivity index (χ0n) is 16.3. The molecule has 31 heavy (non-hydrogen) atoms. The van der Waals surface area contributed by atoms with Crippen LogP contribution in [0.15, 0.2) is 65.6 Å². The van der Waals surface area contributed by atoms with E-state index in [9.17, 15) is 24.5 Å². The minimum atomic E-state index is -0.583. The molecule has 0 saturated carbocycles. The molecule has 3 rings (SSSR count). The molecular formula is C21H17ClN4O5. The number of nitro groups is 1. The third kappa shape index (κ3) is 5.55. The maximum absolute atomic E-state index is 12.4. The fraction of sp³-hybridized carbons (Fsp3) is 0.0952. The first-order chi connectivity index (χ1) is 14.7. The van der Waals surface area contributed by atoms with Gasteiger partial charge in [0.05, 0.1) is 15.6 Å². The van der Waals surface area contributed by atoms with E-state index in [0.717, 1.165) is 11.6 Å². The van der Waals surface area contributed by atoms with Crippen molar-refractivity contribution in [2.45, 2.75) is 13.5 Å². The molecule has 0 atom stereocenters. The zero-order valence-corrected chi connectivity index (χ0v) is 17.1.